The summed E-state index contributed by atoms with van der Waals surface area (Å²) in [7, 11) is 0. The van der Waals surface area contributed by atoms with Gasteiger partial charge in [0, 0.05) is 31.5 Å². The van der Waals surface area contributed by atoms with Crippen LogP contribution in [0, 0.1) is 11.8 Å². The molecular weight excluding hydrogens is 198 g/mol. The van der Waals surface area contributed by atoms with Crippen molar-refractivity contribution in [1.29, 1.82) is 0 Å². The summed E-state index contributed by atoms with van der Waals surface area (Å²) in [4.78, 5) is 14.1. The van der Waals surface area contributed by atoms with Gasteiger partial charge in [-0.15, -0.1) is 0 Å². The maximum atomic E-state index is 11.5. The van der Waals surface area contributed by atoms with Crippen molar-refractivity contribution >= 4 is 5.78 Å². The van der Waals surface area contributed by atoms with Crippen LogP contribution in [-0.2, 0) is 4.79 Å². The Morgan fingerprint density at radius 3 is 2.56 bits per heavy atom. The second kappa shape index (κ2) is 5.31. The second-order valence-corrected chi connectivity index (χ2v) is 5.75. The van der Waals surface area contributed by atoms with Gasteiger partial charge in [0.25, 0.3) is 0 Å². The molecule has 2 fully saturated rings. The molecule has 0 bridgehead atoms. The fraction of sp³-hybridized carbons (Fsp3) is 0.929. The van der Waals surface area contributed by atoms with Crippen molar-refractivity contribution in [3.8, 4) is 0 Å². The molecule has 2 atom stereocenters. The van der Waals surface area contributed by atoms with Crippen LogP contribution in [0.5, 0.6) is 0 Å². The highest BCUT2D eigenvalue weighted by Gasteiger charge is 2.30. The number of hydrogen-bond donors (Lipinski definition) is 0. The summed E-state index contributed by atoms with van der Waals surface area (Å²) in [6.07, 6.45) is 7.84. The van der Waals surface area contributed by atoms with Crippen LogP contribution in [0.1, 0.15) is 52.4 Å². The average molecular weight is 223 g/mol. The number of carbonyl (C=O) groups is 1. The normalized spacial score (nSPS) is 31.6. The van der Waals surface area contributed by atoms with E-state index in [9.17, 15) is 4.79 Å². The molecule has 92 valence electrons. The first-order valence-corrected chi connectivity index (χ1v) is 6.95. The Hall–Kier alpha value is -0.370. The third kappa shape index (κ3) is 2.65. The quantitative estimate of drug-likeness (QED) is 0.717. The van der Waals surface area contributed by atoms with Gasteiger partial charge in [-0.1, -0.05) is 26.2 Å². The van der Waals surface area contributed by atoms with E-state index in [0.717, 1.165) is 25.4 Å². The summed E-state index contributed by atoms with van der Waals surface area (Å²) in [5.74, 6) is 1.61. The number of piperidine rings is 1. The van der Waals surface area contributed by atoms with Crippen molar-refractivity contribution in [2.24, 2.45) is 11.8 Å². The molecule has 2 nitrogen and oxygen atoms in total. The molecule has 0 aromatic rings. The monoisotopic (exact) mass is 223 g/mol. The molecule has 0 amide bonds. The smallest absolute Gasteiger partial charge is 0.138 e. The van der Waals surface area contributed by atoms with Crippen LogP contribution >= 0.6 is 0 Å². The zero-order chi connectivity index (χ0) is 11.5. The molecule has 2 heteroatoms. The number of ketones is 1. The predicted octanol–water partition coefficient (Wildman–Crippen LogP) is 2.87. The van der Waals surface area contributed by atoms with E-state index in [-0.39, 0.29) is 5.92 Å². The van der Waals surface area contributed by atoms with Gasteiger partial charge in [0.15, 0.2) is 0 Å². The van der Waals surface area contributed by atoms with Crippen molar-refractivity contribution in [1.82, 2.24) is 4.90 Å². The summed E-state index contributed by atoms with van der Waals surface area (Å²) in [5, 5.41) is 0. The standard InChI is InChI=1S/C14H25NO/c1-11-10-15(9-8-14(11)16)12(2)13-6-4-3-5-7-13/h11-13H,3-10H2,1-2H3. The van der Waals surface area contributed by atoms with E-state index in [2.05, 4.69) is 18.7 Å². The number of rotatable bonds is 2. The Morgan fingerprint density at radius 2 is 1.94 bits per heavy atom. The van der Waals surface area contributed by atoms with E-state index in [1.165, 1.54) is 32.1 Å². The first-order valence-electron chi connectivity index (χ1n) is 6.95. The van der Waals surface area contributed by atoms with Crippen LogP contribution in [0.3, 0.4) is 0 Å². The highest BCUT2D eigenvalue weighted by Crippen LogP contribution is 2.30. The second-order valence-electron chi connectivity index (χ2n) is 5.75. The first-order chi connectivity index (χ1) is 7.68. The Bertz CT molecular complexity index is 245. The minimum Gasteiger partial charge on any atom is -0.299 e. The predicted molar refractivity (Wildman–Crippen MR) is 66.4 cm³/mol. The van der Waals surface area contributed by atoms with Crippen molar-refractivity contribution < 1.29 is 4.79 Å². The molecule has 1 saturated heterocycles. The molecule has 2 aliphatic rings. The van der Waals surface area contributed by atoms with E-state index >= 15 is 0 Å². The van der Waals surface area contributed by atoms with Crippen LogP contribution in [0.15, 0.2) is 0 Å². The maximum Gasteiger partial charge on any atom is 0.138 e. The molecular formula is C14H25NO. The molecule has 0 spiro atoms. The molecule has 1 aliphatic heterocycles. The zero-order valence-corrected chi connectivity index (χ0v) is 10.7. The molecule has 1 saturated carbocycles. The lowest BCUT2D eigenvalue weighted by Gasteiger charge is -2.40. The summed E-state index contributed by atoms with van der Waals surface area (Å²) < 4.78 is 0. The lowest BCUT2D eigenvalue weighted by Crippen LogP contribution is -2.47. The van der Waals surface area contributed by atoms with E-state index in [0.29, 0.717) is 11.8 Å². The summed E-state index contributed by atoms with van der Waals surface area (Å²) in [5.41, 5.74) is 0. The maximum absolute atomic E-state index is 11.5. The fourth-order valence-corrected chi connectivity index (χ4v) is 3.33. The molecule has 0 aromatic heterocycles. The Morgan fingerprint density at radius 1 is 1.25 bits per heavy atom. The average Bonchev–Trinajstić information content (AvgIpc) is 2.33. The van der Waals surface area contributed by atoms with Crippen molar-refractivity contribution in [3.63, 3.8) is 0 Å². The molecule has 1 heterocycles. The third-order valence-corrected chi connectivity index (χ3v) is 4.61. The Labute approximate surface area is 99.4 Å². The molecule has 16 heavy (non-hydrogen) atoms. The minimum absolute atomic E-state index is 0.264. The van der Waals surface area contributed by atoms with Gasteiger partial charge in [-0.25, -0.2) is 0 Å². The lowest BCUT2D eigenvalue weighted by molar-refractivity contribution is -0.126. The zero-order valence-electron chi connectivity index (χ0n) is 10.7. The molecule has 0 radical (unpaired) electrons. The molecule has 0 N–H and O–H groups in total. The highest BCUT2D eigenvalue weighted by atomic mass is 16.1. The lowest BCUT2D eigenvalue weighted by atomic mass is 9.83. The number of nitrogens with zero attached hydrogens (tertiary/aromatic N) is 1. The fourth-order valence-electron chi connectivity index (χ4n) is 3.33. The van der Waals surface area contributed by atoms with Crippen molar-refractivity contribution in [2.45, 2.75) is 58.4 Å². The third-order valence-electron chi connectivity index (χ3n) is 4.61. The van der Waals surface area contributed by atoms with Gasteiger partial charge < -0.3 is 0 Å². The summed E-state index contributed by atoms with van der Waals surface area (Å²) in [6.45, 7) is 6.46. The number of carbonyl (C=O) groups excluding carboxylic acids is 1. The molecule has 1 aliphatic carbocycles. The van der Waals surface area contributed by atoms with Crippen molar-refractivity contribution in [3.05, 3.63) is 0 Å². The number of Topliss-reactive ketones (excluding diaryl/α,β-unsaturated/α-hetero) is 1. The van der Waals surface area contributed by atoms with Crippen LogP contribution in [0.25, 0.3) is 0 Å². The SMILES string of the molecule is CC1CN(C(C)C2CCCCC2)CCC1=O. The molecule has 0 aromatic carbocycles. The first kappa shape index (κ1) is 12.1. The van der Waals surface area contributed by atoms with Gasteiger partial charge in [0.2, 0.25) is 0 Å². The summed E-state index contributed by atoms with van der Waals surface area (Å²) >= 11 is 0. The van der Waals surface area contributed by atoms with Crippen LogP contribution in [0.4, 0.5) is 0 Å². The number of likely N-dealkylation sites (tertiary alicyclic amines) is 1. The Kier molecular flexibility index (Phi) is 4.01. The van der Waals surface area contributed by atoms with Gasteiger partial charge in [-0.05, 0) is 25.7 Å². The largest absolute Gasteiger partial charge is 0.299 e. The van der Waals surface area contributed by atoms with Crippen LogP contribution in [-0.4, -0.2) is 29.8 Å². The van der Waals surface area contributed by atoms with Gasteiger partial charge in [0.1, 0.15) is 5.78 Å². The van der Waals surface area contributed by atoms with Gasteiger partial charge in [0.05, 0.1) is 0 Å². The van der Waals surface area contributed by atoms with E-state index in [4.69, 9.17) is 0 Å². The Balaban J connectivity index is 1.88. The highest BCUT2D eigenvalue weighted by molar-refractivity contribution is 5.81. The van der Waals surface area contributed by atoms with Crippen molar-refractivity contribution in [2.75, 3.05) is 13.1 Å². The van der Waals surface area contributed by atoms with Gasteiger partial charge in [-0.3, -0.25) is 9.69 Å². The molecule has 2 rings (SSSR count). The van der Waals surface area contributed by atoms with Gasteiger partial charge in [-0.2, -0.15) is 0 Å². The van der Waals surface area contributed by atoms with E-state index in [1.54, 1.807) is 0 Å². The van der Waals surface area contributed by atoms with E-state index < -0.39 is 0 Å². The topological polar surface area (TPSA) is 20.3 Å². The molecule has 2 unspecified atom stereocenters. The summed E-state index contributed by atoms with van der Waals surface area (Å²) in [6, 6.07) is 0.691. The van der Waals surface area contributed by atoms with E-state index in [1.807, 2.05) is 0 Å². The minimum atomic E-state index is 0.264. The van der Waals surface area contributed by atoms with Crippen LogP contribution in [0.2, 0.25) is 0 Å². The van der Waals surface area contributed by atoms with Gasteiger partial charge >= 0.3 is 0 Å². The number of hydrogen-bond acceptors (Lipinski definition) is 2. The van der Waals surface area contributed by atoms with Crippen LogP contribution < -0.4 is 0 Å².